The Hall–Kier alpha value is -5.14. The molecule has 0 aliphatic heterocycles. The summed E-state index contributed by atoms with van der Waals surface area (Å²) in [6.07, 6.45) is -13.3. The molecule has 0 saturated carbocycles. The maximum absolute atomic E-state index is 14.5. The molecule has 0 aromatic heterocycles. The molecule has 0 radical (unpaired) electrons. The number of aromatic hydroxyl groups is 1. The second-order valence-corrected chi connectivity index (χ2v) is 8.38. The number of halogens is 9. The van der Waals surface area contributed by atoms with Crippen molar-refractivity contribution < 1.29 is 63.7 Å². The number of nitrogens with zero attached hydrogens (tertiary/aromatic N) is 1. The topological polar surface area (TPSA) is 121 Å². The van der Waals surface area contributed by atoms with E-state index in [0.29, 0.717) is 0 Å². The molecule has 3 aromatic rings. The van der Waals surface area contributed by atoms with Crippen molar-refractivity contribution in [3.63, 3.8) is 0 Å². The molecule has 0 aliphatic rings. The molecule has 0 spiro atoms. The van der Waals surface area contributed by atoms with Gasteiger partial charge in [0.2, 0.25) is 0 Å². The van der Waals surface area contributed by atoms with Gasteiger partial charge in [-0.2, -0.15) is 40.4 Å². The van der Waals surface area contributed by atoms with Crippen LogP contribution >= 0.6 is 0 Å². The van der Waals surface area contributed by atoms with Gasteiger partial charge < -0.3 is 25.2 Å². The number of ether oxygens (including phenoxy) is 2. The first-order chi connectivity index (χ1) is 19.9. The lowest BCUT2D eigenvalue weighted by atomic mass is 9.93. The monoisotopic (exact) mass is 621 g/mol. The standard InChI is InChI=1S/C26H16F9N3O5/c1-42-20-15(3-2-4-16(20)37-21(40)13-7-5-12(11-36)6-8-13)22(41)38-19-17(39)9-14(10-18(19)43-23(27)28)24(29,25(30,31)32)26(33,34)35/h2-10,23,39H,1H3,(H,37,40)(H,38,41). The molecule has 3 rings (SSSR count). The van der Waals surface area contributed by atoms with Crippen LogP contribution in [0.5, 0.6) is 17.2 Å². The highest BCUT2D eigenvalue weighted by Gasteiger charge is 2.73. The molecule has 3 N–H and O–H groups in total. The average molecular weight is 621 g/mol. The number of nitrogens with one attached hydrogen (secondary N) is 2. The zero-order valence-electron chi connectivity index (χ0n) is 21.2. The Balaban J connectivity index is 2.03. The van der Waals surface area contributed by atoms with Crippen molar-refractivity contribution >= 4 is 23.2 Å². The number of alkyl halides is 9. The van der Waals surface area contributed by atoms with Crippen LogP contribution in [0.2, 0.25) is 0 Å². The number of methoxy groups -OCH3 is 1. The molecular formula is C26H16F9N3O5. The van der Waals surface area contributed by atoms with Crippen molar-refractivity contribution in [3.05, 3.63) is 76.9 Å². The molecule has 43 heavy (non-hydrogen) atoms. The maximum atomic E-state index is 14.5. The molecule has 17 heteroatoms. The van der Waals surface area contributed by atoms with Crippen molar-refractivity contribution in [2.45, 2.75) is 24.6 Å². The summed E-state index contributed by atoms with van der Waals surface area (Å²) in [5, 5.41) is 23.3. The summed E-state index contributed by atoms with van der Waals surface area (Å²) in [5.74, 6) is -5.76. The third-order valence-electron chi connectivity index (χ3n) is 5.70. The van der Waals surface area contributed by atoms with Crippen LogP contribution < -0.4 is 20.1 Å². The van der Waals surface area contributed by atoms with Gasteiger partial charge in [-0.3, -0.25) is 9.59 Å². The fourth-order valence-corrected chi connectivity index (χ4v) is 3.71. The molecule has 0 bridgehead atoms. The third-order valence-corrected chi connectivity index (χ3v) is 5.70. The van der Waals surface area contributed by atoms with Crippen molar-refractivity contribution in [1.29, 1.82) is 5.26 Å². The molecule has 0 heterocycles. The summed E-state index contributed by atoms with van der Waals surface area (Å²) in [5.41, 5.74) is -9.99. The normalized spacial score (nSPS) is 12.0. The van der Waals surface area contributed by atoms with Gasteiger partial charge in [0.25, 0.3) is 11.8 Å². The minimum Gasteiger partial charge on any atom is -0.506 e. The Morgan fingerprint density at radius 2 is 1.51 bits per heavy atom. The largest absolute Gasteiger partial charge is 0.506 e. The van der Waals surface area contributed by atoms with Crippen LogP contribution in [0, 0.1) is 11.3 Å². The van der Waals surface area contributed by atoms with Gasteiger partial charge in [0.05, 0.1) is 30.0 Å². The van der Waals surface area contributed by atoms with E-state index in [1.165, 1.54) is 36.4 Å². The van der Waals surface area contributed by atoms with E-state index in [0.717, 1.165) is 13.2 Å². The molecule has 228 valence electrons. The van der Waals surface area contributed by atoms with E-state index in [-0.39, 0.29) is 28.6 Å². The second kappa shape index (κ2) is 12.0. The summed E-state index contributed by atoms with van der Waals surface area (Å²) in [6.45, 7) is -3.91. The second-order valence-electron chi connectivity index (χ2n) is 8.38. The van der Waals surface area contributed by atoms with Gasteiger partial charge in [0.15, 0.2) is 11.5 Å². The lowest BCUT2D eigenvalue weighted by molar-refractivity contribution is -0.348. The highest BCUT2D eigenvalue weighted by atomic mass is 19.4. The fraction of sp³-hybridized carbons (Fsp3) is 0.192. The van der Waals surface area contributed by atoms with Crippen molar-refractivity contribution in [3.8, 4) is 23.3 Å². The van der Waals surface area contributed by atoms with E-state index < -0.39 is 70.8 Å². The van der Waals surface area contributed by atoms with Gasteiger partial charge in [-0.15, -0.1) is 0 Å². The van der Waals surface area contributed by atoms with E-state index in [1.54, 1.807) is 5.32 Å². The molecule has 0 fully saturated rings. The number of phenolic OH excluding ortho intramolecular Hbond substituents is 1. The van der Waals surface area contributed by atoms with Crippen molar-refractivity contribution in [2.75, 3.05) is 17.7 Å². The summed E-state index contributed by atoms with van der Waals surface area (Å²) in [7, 11) is 1.05. The molecule has 0 unspecified atom stereocenters. The number of amides is 2. The van der Waals surface area contributed by atoms with Gasteiger partial charge >= 0.3 is 24.6 Å². The number of benzene rings is 3. The van der Waals surface area contributed by atoms with E-state index in [4.69, 9.17) is 10.00 Å². The predicted molar refractivity (Wildman–Crippen MR) is 130 cm³/mol. The van der Waals surface area contributed by atoms with E-state index in [2.05, 4.69) is 10.1 Å². The average Bonchev–Trinajstić information content (AvgIpc) is 2.92. The first-order valence-corrected chi connectivity index (χ1v) is 11.4. The number of hydrogen-bond donors (Lipinski definition) is 3. The molecule has 0 atom stereocenters. The SMILES string of the molecule is COc1c(NC(=O)c2ccc(C#N)cc2)cccc1C(=O)Nc1c(O)cc(C(F)(C(F)(F)F)C(F)(F)F)cc1OC(F)F. The summed E-state index contributed by atoms with van der Waals surface area (Å²) in [6, 6.07) is 9.97. The Labute approximate surface area is 235 Å². The molecule has 2 amide bonds. The zero-order chi connectivity index (χ0) is 32.3. The van der Waals surface area contributed by atoms with Gasteiger partial charge in [-0.25, -0.2) is 4.39 Å². The summed E-state index contributed by atoms with van der Waals surface area (Å²) in [4.78, 5) is 25.7. The fourth-order valence-electron chi connectivity index (χ4n) is 3.71. The predicted octanol–water partition coefficient (Wildman–Crippen LogP) is 6.67. The molecule has 0 aliphatic carbocycles. The number of anilines is 2. The van der Waals surface area contributed by atoms with E-state index in [1.807, 2.05) is 6.07 Å². The van der Waals surface area contributed by atoms with Crippen LogP contribution in [0.15, 0.2) is 54.6 Å². The number of phenols is 1. The van der Waals surface area contributed by atoms with Gasteiger partial charge in [0, 0.05) is 11.1 Å². The van der Waals surface area contributed by atoms with Crippen molar-refractivity contribution in [2.24, 2.45) is 0 Å². The Kier molecular flexibility index (Phi) is 9.03. The first kappa shape index (κ1) is 32.4. The van der Waals surface area contributed by atoms with Crippen LogP contribution in [-0.4, -0.2) is 43.0 Å². The smallest absolute Gasteiger partial charge is 0.435 e. The van der Waals surface area contributed by atoms with Crippen LogP contribution in [-0.2, 0) is 5.67 Å². The zero-order valence-corrected chi connectivity index (χ0v) is 21.2. The highest BCUT2D eigenvalue weighted by Crippen LogP contribution is 2.55. The van der Waals surface area contributed by atoms with Gasteiger partial charge in [0.1, 0.15) is 11.4 Å². The van der Waals surface area contributed by atoms with E-state index in [9.17, 15) is 54.2 Å². The number of carbonyl (C=O) groups excluding carboxylic acids is 2. The van der Waals surface area contributed by atoms with Gasteiger partial charge in [-0.05, 0) is 48.5 Å². The molecule has 8 nitrogen and oxygen atoms in total. The summed E-state index contributed by atoms with van der Waals surface area (Å²) >= 11 is 0. The number of para-hydroxylation sites is 1. The molecule has 0 saturated heterocycles. The third kappa shape index (κ3) is 6.52. The van der Waals surface area contributed by atoms with Crippen LogP contribution in [0.1, 0.15) is 31.8 Å². The summed E-state index contributed by atoms with van der Waals surface area (Å²) < 4.78 is 129. The Bertz CT molecular complexity index is 1550. The quantitative estimate of drug-likeness (QED) is 0.191. The molecular weight excluding hydrogens is 605 g/mol. The highest BCUT2D eigenvalue weighted by molar-refractivity contribution is 6.11. The van der Waals surface area contributed by atoms with E-state index >= 15 is 0 Å². The number of nitriles is 1. The maximum Gasteiger partial charge on any atom is 0.435 e. The van der Waals surface area contributed by atoms with Crippen LogP contribution in [0.25, 0.3) is 0 Å². The Morgan fingerprint density at radius 3 is 2.02 bits per heavy atom. The van der Waals surface area contributed by atoms with Crippen LogP contribution in [0.4, 0.5) is 50.9 Å². The van der Waals surface area contributed by atoms with Crippen molar-refractivity contribution in [1.82, 2.24) is 0 Å². The molecule has 3 aromatic carbocycles. The minimum atomic E-state index is -6.65. The number of hydrogen-bond acceptors (Lipinski definition) is 6. The van der Waals surface area contributed by atoms with Crippen LogP contribution in [0.3, 0.4) is 0 Å². The Morgan fingerprint density at radius 1 is 0.907 bits per heavy atom. The first-order valence-electron chi connectivity index (χ1n) is 11.4. The number of carbonyl (C=O) groups is 2. The van der Waals surface area contributed by atoms with Gasteiger partial charge in [-0.1, -0.05) is 6.07 Å². The number of rotatable bonds is 8. The lowest BCUT2D eigenvalue weighted by Crippen LogP contribution is -2.50. The minimum absolute atomic E-state index is 0.0800. The lowest BCUT2D eigenvalue weighted by Gasteiger charge is -2.31.